The van der Waals surface area contributed by atoms with Gasteiger partial charge in [0.15, 0.2) is 0 Å². The van der Waals surface area contributed by atoms with E-state index in [4.69, 9.17) is 4.74 Å². The Labute approximate surface area is 108 Å². The molecule has 0 saturated carbocycles. The Bertz CT molecular complexity index is 483. The lowest BCUT2D eigenvalue weighted by molar-refractivity contribution is 0.242. The second-order valence-electron chi connectivity index (χ2n) is 4.41. The first-order valence-electron chi connectivity index (χ1n) is 6.13. The summed E-state index contributed by atoms with van der Waals surface area (Å²) in [5.41, 5.74) is 2.21. The van der Waals surface area contributed by atoms with Crippen molar-refractivity contribution in [2.24, 2.45) is 0 Å². The molecule has 0 unspecified atom stereocenters. The highest BCUT2D eigenvalue weighted by molar-refractivity contribution is 5.41. The van der Waals surface area contributed by atoms with Crippen LogP contribution in [0.3, 0.4) is 0 Å². The second-order valence-corrected chi connectivity index (χ2v) is 4.41. The van der Waals surface area contributed by atoms with Gasteiger partial charge in [-0.3, -0.25) is 4.98 Å². The van der Waals surface area contributed by atoms with Crippen LogP contribution >= 0.6 is 0 Å². The maximum Gasteiger partial charge on any atom is 0.120 e. The van der Waals surface area contributed by atoms with Crippen molar-refractivity contribution >= 4 is 5.69 Å². The molecular formula is C15H18N2O. The van der Waals surface area contributed by atoms with E-state index in [0.29, 0.717) is 0 Å². The van der Waals surface area contributed by atoms with E-state index in [0.717, 1.165) is 18.0 Å². The number of aromatic nitrogens is 1. The number of hydrogen-bond donors (Lipinski definition) is 1. The van der Waals surface area contributed by atoms with E-state index in [1.807, 2.05) is 44.3 Å². The molecule has 0 aliphatic rings. The van der Waals surface area contributed by atoms with Crippen molar-refractivity contribution in [2.45, 2.75) is 26.5 Å². The van der Waals surface area contributed by atoms with Gasteiger partial charge in [0.05, 0.1) is 11.8 Å². The minimum Gasteiger partial charge on any atom is -0.491 e. The highest BCUT2D eigenvalue weighted by atomic mass is 16.5. The quantitative estimate of drug-likeness (QED) is 0.871. The van der Waals surface area contributed by atoms with E-state index in [-0.39, 0.29) is 6.10 Å². The summed E-state index contributed by atoms with van der Waals surface area (Å²) in [7, 11) is 0. The fraction of sp³-hybridized carbons (Fsp3) is 0.267. The van der Waals surface area contributed by atoms with Gasteiger partial charge in [-0.05, 0) is 43.7 Å². The summed E-state index contributed by atoms with van der Waals surface area (Å²) in [5, 5.41) is 3.32. The van der Waals surface area contributed by atoms with Crippen molar-refractivity contribution in [2.75, 3.05) is 5.32 Å². The average Bonchev–Trinajstić information content (AvgIpc) is 2.37. The maximum atomic E-state index is 5.67. The van der Waals surface area contributed by atoms with Crippen molar-refractivity contribution in [1.29, 1.82) is 0 Å². The third-order valence-electron chi connectivity index (χ3n) is 2.43. The van der Waals surface area contributed by atoms with Crippen LogP contribution < -0.4 is 10.1 Å². The second kappa shape index (κ2) is 6.05. The van der Waals surface area contributed by atoms with Gasteiger partial charge in [-0.15, -0.1) is 0 Å². The standard InChI is InChI=1S/C15H18N2O/c1-12(2)18-15-7-3-5-13(9-15)10-17-14-6-4-8-16-11-14/h3-9,11-12,17H,10H2,1-2H3. The molecule has 0 aliphatic heterocycles. The van der Waals surface area contributed by atoms with Gasteiger partial charge >= 0.3 is 0 Å². The lowest BCUT2D eigenvalue weighted by Gasteiger charge is -2.11. The molecule has 2 rings (SSSR count). The molecule has 94 valence electrons. The van der Waals surface area contributed by atoms with Gasteiger partial charge in [-0.25, -0.2) is 0 Å². The number of pyridine rings is 1. The normalized spacial score (nSPS) is 10.4. The predicted molar refractivity (Wildman–Crippen MR) is 73.8 cm³/mol. The van der Waals surface area contributed by atoms with Crippen LogP contribution in [-0.2, 0) is 6.54 Å². The van der Waals surface area contributed by atoms with E-state index in [1.165, 1.54) is 5.56 Å². The molecule has 3 heteroatoms. The number of rotatable bonds is 5. The smallest absolute Gasteiger partial charge is 0.120 e. The first kappa shape index (κ1) is 12.4. The Morgan fingerprint density at radius 3 is 2.83 bits per heavy atom. The topological polar surface area (TPSA) is 34.1 Å². The van der Waals surface area contributed by atoms with Gasteiger partial charge in [-0.2, -0.15) is 0 Å². The molecule has 0 radical (unpaired) electrons. The van der Waals surface area contributed by atoms with Gasteiger partial charge in [0.1, 0.15) is 5.75 Å². The first-order chi connectivity index (χ1) is 8.74. The lowest BCUT2D eigenvalue weighted by atomic mass is 10.2. The van der Waals surface area contributed by atoms with Gasteiger partial charge in [0, 0.05) is 18.9 Å². The summed E-state index contributed by atoms with van der Waals surface area (Å²) in [4.78, 5) is 4.07. The molecule has 0 fully saturated rings. The number of ether oxygens (including phenoxy) is 1. The molecule has 0 amide bonds. The van der Waals surface area contributed by atoms with Gasteiger partial charge in [0.2, 0.25) is 0 Å². The molecule has 0 atom stereocenters. The predicted octanol–water partition coefficient (Wildman–Crippen LogP) is 3.48. The zero-order valence-electron chi connectivity index (χ0n) is 10.8. The number of benzene rings is 1. The SMILES string of the molecule is CC(C)Oc1cccc(CNc2cccnc2)c1. The Balaban J connectivity index is 1.97. The summed E-state index contributed by atoms with van der Waals surface area (Å²) in [6, 6.07) is 12.0. The monoisotopic (exact) mass is 242 g/mol. The molecule has 1 N–H and O–H groups in total. The number of anilines is 1. The van der Waals surface area contributed by atoms with Crippen LogP contribution in [0.25, 0.3) is 0 Å². The Kier molecular flexibility index (Phi) is 4.18. The van der Waals surface area contributed by atoms with Crippen LogP contribution in [0.2, 0.25) is 0 Å². The van der Waals surface area contributed by atoms with Crippen LogP contribution in [0.5, 0.6) is 5.75 Å². The van der Waals surface area contributed by atoms with Gasteiger partial charge in [-0.1, -0.05) is 12.1 Å². The fourth-order valence-electron chi connectivity index (χ4n) is 1.67. The molecule has 0 spiro atoms. The highest BCUT2D eigenvalue weighted by Gasteiger charge is 1.99. The third kappa shape index (κ3) is 3.77. The maximum absolute atomic E-state index is 5.67. The number of nitrogens with zero attached hydrogens (tertiary/aromatic N) is 1. The summed E-state index contributed by atoms with van der Waals surface area (Å²) in [6.07, 6.45) is 3.78. The number of nitrogens with one attached hydrogen (secondary N) is 1. The third-order valence-corrected chi connectivity index (χ3v) is 2.43. The van der Waals surface area contributed by atoms with E-state index in [1.54, 1.807) is 6.20 Å². The van der Waals surface area contributed by atoms with Crippen LogP contribution in [0.15, 0.2) is 48.8 Å². The molecule has 2 aromatic rings. The molecule has 3 nitrogen and oxygen atoms in total. The Hall–Kier alpha value is -2.03. The van der Waals surface area contributed by atoms with Crippen molar-refractivity contribution in [1.82, 2.24) is 4.98 Å². The zero-order chi connectivity index (χ0) is 12.8. The first-order valence-corrected chi connectivity index (χ1v) is 6.13. The molecule has 18 heavy (non-hydrogen) atoms. The molecule has 0 aliphatic carbocycles. The molecular weight excluding hydrogens is 224 g/mol. The average molecular weight is 242 g/mol. The fourth-order valence-corrected chi connectivity index (χ4v) is 1.67. The Morgan fingerprint density at radius 1 is 1.22 bits per heavy atom. The van der Waals surface area contributed by atoms with Crippen molar-refractivity contribution in [3.05, 3.63) is 54.4 Å². The van der Waals surface area contributed by atoms with Crippen molar-refractivity contribution < 1.29 is 4.74 Å². The molecule has 0 saturated heterocycles. The van der Waals surface area contributed by atoms with Crippen molar-refractivity contribution in [3.63, 3.8) is 0 Å². The zero-order valence-corrected chi connectivity index (χ0v) is 10.8. The Morgan fingerprint density at radius 2 is 2.11 bits per heavy atom. The van der Waals surface area contributed by atoms with Crippen LogP contribution in [0.4, 0.5) is 5.69 Å². The minimum atomic E-state index is 0.200. The van der Waals surface area contributed by atoms with Crippen LogP contribution in [-0.4, -0.2) is 11.1 Å². The van der Waals surface area contributed by atoms with E-state index >= 15 is 0 Å². The van der Waals surface area contributed by atoms with Crippen molar-refractivity contribution in [3.8, 4) is 5.75 Å². The summed E-state index contributed by atoms with van der Waals surface area (Å²) in [6.45, 7) is 4.82. The van der Waals surface area contributed by atoms with E-state index < -0.39 is 0 Å². The summed E-state index contributed by atoms with van der Waals surface area (Å²) < 4.78 is 5.67. The molecule has 0 bridgehead atoms. The number of hydrogen-bond acceptors (Lipinski definition) is 3. The summed E-state index contributed by atoms with van der Waals surface area (Å²) in [5.74, 6) is 0.912. The largest absolute Gasteiger partial charge is 0.491 e. The van der Waals surface area contributed by atoms with Gasteiger partial charge < -0.3 is 10.1 Å². The van der Waals surface area contributed by atoms with Crippen LogP contribution in [0.1, 0.15) is 19.4 Å². The molecule has 1 aromatic carbocycles. The van der Waals surface area contributed by atoms with E-state index in [2.05, 4.69) is 22.4 Å². The highest BCUT2D eigenvalue weighted by Crippen LogP contribution is 2.16. The lowest BCUT2D eigenvalue weighted by Crippen LogP contribution is -2.06. The summed E-state index contributed by atoms with van der Waals surface area (Å²) >= 11 is 0. The molecule has 1 heterocycles. The van der Waals surface area contributed by atoms with Gasteiger partial charge in [0.25, 0.3) is 0 Å². The van der Waals surface area contributed by atoms with E-state index in [9.17, 15) is 0 Å². The van der Waals surface area contributed by atoms with Crippen LogP contribution in [0, 0.1) is 0 Å². The minimum absolute atomic E-state index is 0.200. The molecule has 1 aromatic heterocycles.